The molecule has 0 N–H and O–H groups in total. The van der Waals surface area contributed by atoms with Crippen molar-refractivity contribution >= 4 is 17.9 Å². The summed E-state index contributed by atoms with van der Waals surface area (Å²) < 4.78 is 17.0. The van der Waals surface area contributed by atoms with Gasteiger partial charge in [0.1, 0.15) is 13.2 Å². The zero-order valence-corrected chi connectivity index (χ0v) is 55.2. The van der Waals surface area contributed by atoms with E-state index in [0.717, 1.165) is 109 Å². The van der Waals surface area contributed by atoms with Crippen molar-refractivity contribution in [1.29, 1.82) is 0 Å². The number of carbonyl (C=O) groups is 3. The quantitative estimate of drug-likeness (QED) is 0.0261. The molecule has 0 bridgehead atoms. The van der Waals surface area contributed by atoms with Crippen molar-refractivity contribution in [1.82, 2.24) is 0 Å². The Balaban J connectivity index is 4.24. The van der Waals surface area contributed by atoms with E-state index in [0.29, 0.717) is 19.3 Å². The molecule has 0 fully saturated rings. The van der Waals surface area contributed by atoms with E-state index in [1.54, 1.807) is 0 Å². The Kier molecular flexibility index (Phi) is 68.2. The summed E-state index contributed by atoms with van der Waals surface area (Å²) in [5, 5.41) is 0. The monoisotopic (exact) mass is 1160 g/mol. The lowest BCUT2D eigenvalue weighted by atomic mass is 10.0. The first-order valence-electron chi connectivity index (χ1n) is 36.1. The van der Waals surface area contributed by atoms with Gasteiger partial charge in [0.25, 0.3) is 0 Å². The van der Waals surface area contributed by atoms with Crippen molar-refractivity contribution in [2.75, 3.05) is 13.2 Å². The number of carbonyl (C=O) groups excluding carboxylic acids is 3. The minimum Gasteiger partial charge on any atom is -0.462 e. The van der Waals surface area contributed by atoms with E-state index < -0.39 is 6.10 Å². The Bertz CT molecular complexity index is 1570. The van der Waals surface area contributed by atoms with Crippen LogP contribution in [0.4, 0.5) is 0 Å². The number of unbranched alkanes of at least 4 members (excludes halogenated alkanes) is 41. The maximum atomic E-state index is 13.0. The van der Waals surface area contributed by atoms with Crippen LogP contribution < -0.4 is 0 Å². The topological polar surface area (TPSA) is 78.9 Å². The third-order valence-electron chi connectivity index (χ3n) is 15.9. The molecule has 480 valence electrons. The summed E-state index contributed by atoms with van der Waals surface area (Å²) >= 11 is 0. The van der Waals surface area contributed by atoms with Crippen molar-refractivity contribution in [3.63, 3.8) is 0 Å². The zero-order chi connectivity index (χ0) is 59.9. The second-order valence-electron chi connectivity index (χ2n) is 24.1. The Morgan fingerprint density at radius 3 is 0.759 bits per heavy atom. The molecule has 0 aliphatic rings. The van der Waals surface area contributed by atoms with Gasteiger partial charge in [0.05, 0.1) is 0 Å². The van der Waals surface area contributed by atoms with Crippen LogP contribution in [0.5, 0.6) is 0 Å². The number of rotatable bonds is 66. The van der Waals surface area contributed by atoms with Gasteiger partial charge in [-0.15, -0.1) is 0 Å². The second-order valence-corrected chi connectivity index (χ2v) is 24.1. The van der Waals surface area contributed by atoms with Crippen molar-refractivity contribution in [2.45, 2.75) is 374 Å². The molecule has 83 heavy (non-hydrogen) atoms. The largest absolute Gasteiger partial charge is 0.462 e. The molecule has 0 saturated heterocycles. The fraction of sp³-hybridized carbons (Fsp3) is 0.779. The maximum Gasteiger partial charge on any atom is 0.306 e. The van der Waals surface area contributed by atoms with E-state index in [1.807, 2.05) is 0 Å². The van der Waals surface area contributed by atoms with Crippen LogP contribution in [-0.2, 0) is 28.6 Å². The molecule has 0 aromatic rings. The van der Waals surface area contributed by atoms with Crippen LogP contribution in [0.15, 0.2) is 85.1 Å². The molecule has 0 aliphatic carbocycles. The van der Waals surface area contributed by atoms with Crippen LogP contribution in [0, 0.1) is 0 Å². The van der Waals surface area contributed by atoms with E-state index >= 15 is 0 Å². The molecule has 0 aromatic carbocycles. The molecule has 1 atom stereocenters. The lowest BCUT2D eigenvalue weighted by molar-refractivity contribution is -0.167. The van der Waals surface area contributed by atoms with Gasteiger partial charge in [0.15, 0.2) is 6.10 Å². The number of hydrogen-bond acceptors (Lipinski definition) is 6. The minimum atomic E-state index is -0.781. The SMILES string of the molecule is CC/C=C\C/C=C\C/C=C\C/C=C\C/C=C\CCCCCCCCCCCCCCCCCC(=O)OCC(COC(=O)CCCCCCC/C=C\C/C=C\CCCCC)OC(=O)CCCCCCCCCCCCCCCCCCCCC. The molecular weight excluding hydrogens is 1020 g/mol. The normalized spacial score (nSPS) is 12.6. The van der Waals surface area contributed by atoms with E-state index in [1.165, 1.54) is 218 Å². The maximum absolute atomic E-state index is 13.0. The van der Waals surface area contributed by atoms with Gasteiger partial charge < -0.3 is 14.2 Å². The molecule has 0 amide bonds. The van der Waals surface area contributed by atoms with Crippen molar-refractivity contribution in [3.05, 3.63) is 85.1 Å². The summed E-state index contributed by atoms with van der Waals surface area (Å²) in [5.74, 6) is -0.868. The average Bonchev–Trinajstić information content (AvgIpc) is 3.49. The first kappa shape index (κ1) is 79.6. The van der Waals surface area contributed by atoms with Crippen LogP contribution >= 0.6 is 0 Å². The van der Waals surface area contributed by atoms with Gasteiger partial charge in [-0.05, 0) is 96.3 Å². The third kappa shape index (κ3) is 69.3. The molecule has 0 aliphatic heterocycles. The van der Waals surface area contributed by atoms with Crippen LogP contribution in [0.3, 0.4) is 0 Å². The molecule has 0 saturated carbocycles. The minimum absolute atomic E-state index is 0.0762. The van der Waals surface area contributed by atoms with Gasteiger partial charge in [0.2, 0.25) is 0 Å². The lowest BCUT2D eigenvalue weighted by Crippen LogP contribution is -2.30. The van der Waals surface area contributed by atoms with Gasteiger partial charge in [0, 0.05) is 19.3 Å². The second kappa shape index (κ2) is 71.1. The van der Waals surface area contributed by atoms with Gasteiger partial charge in [-0.2, -0.15) is 0 Å². The highest BCUT2D eigenvalue weighted by molar-refractivity contribution is 5.71. The summed E-state index contributed by atoms with van der Waals surface area (Å²) in [6.45, 7) is 6.55. The van der Waals surface area contributed by atoms with Crippen molar-refractivity contribution in [2.24, 2.45) is 0 Å². The van der Waals surface area contributed by atoms with E-state index in [4.69, 9.17) is 14.2 Å². The number of esters is 3. The molecule has 6 heteroatoms. The number of ether oxygens (including phenoxy) is 3. The highest BCUT2D eigenvalue weighted by Crippen LogP contribution is 2.18. The number of allylic oxidation sites excluding steroid dienone is 14. The molecule has 1 unspecified atom stereocenters. The first-order valence-corrected chi connectivity index (χ1v) is 36.1. The summed E-state index contributed by atoms with van der Waals surface area (Å²) in [5.41, 5.74) is 0. The summed E-state index contributed by atoms with van der Waals surface area (Å²) in [6.07, 6.45) is 94.7. The lowest BCUT2D eigenvalue weighted by Gasteiger charge is -2.18. The number of hydrogen-bond donors (Lipinski definition) is 0. The van der Waals surface area contributed by atoms with E-state index in [-0.39, 0.29) is 31.1 Å². The Morgan fingerprint density at radius 1 is 0.253 bits per heavy atom. The molecule has 0 spiro atoms. The van der Waals surface area contributed by atoms with Crippen molar-refractivity contribution < 1.29 is 28.6 Å². The molecular formula is C77H136O6. The van der Waals surface area contributed by atoms with Gasteiger partial charge >= 0.3 is 17.9 Å². The van der Waals surface area contributed by atoms with Gasteiger partial charge in [-0.1, -0.05) is 337 Å². The van der Waals surface area contributed by atoms with Crippen molar-refractivity contribution in [3.8, 4) is 0 Å². The Labute approximate surface area is 515 Å². The molecule has 0 radical (unpaired) electrons. The van der Waals surface area contributed by atoms with Crippen LogP contribution in [0.1, 0.15) is 367 Å². The van der Waals surface area contributed by atoms with E-state index in [9.17, 15) is 14.4 Å². The Hall–Kier alpha value is -3.41. The predicted molar refractivity (Wildman–Crippen MR) is 362 cm³/mol. The highest BCUT2D eigenvalue weighted by Gasteiger charge is 2.19. The summed E-state index contributed by atoms with van der Waals surface area (Å²) in [7, 11) is 0. The first-order chi connectivity index (χ1) is 41.0. The average molecular weight is 1160 g/mol. The fourth-order valence-corrected chi connectivity index (χ4v) is 10.5. The van der Waals surface area contributed by atoms with Crippen LogP contribution in [0.25, 0.3) is 0 Å². The fourth-order valence-electron chi connectivity index (χ4n) is 10.5. The van der Waals surface area contributed by atoms with Gasteiger partial charge in [-0.3, -0.25) is 14.4 Å². The van der Waals surface area contributed by atoms with Crippen LogP contribution in [0.2, 0.25) is 0 Å². The summed E-state index contributed by atoms with van der Waals surface area (Å²) in [4.78, 5) is 38.5. The predicted octanol–water partition coefficient (Wildman–Crippen LogP) is 25.0. The molecule has 0 aromatic heterocycles. The Morgan fingerprint density at radius 2 is 0.470 bits per heavy atom. The van der Waals surface area contributed by atoms with Crippen LogP contribution in [-0.4, -0.2) is 37.2 Å². The zero-order valence-electron chi connectivity index (χ0n) is 55.2. The molecule has 0 rings (SSSR count). The standard InChI is InChI=1S/C77H136O6/c1-4-7-10-13-16-19-22-25-28-30-32-33-34-35-36-37-38-39-40-41-42-43-45-46-49-52-55-58-61-64-67-70-76(79)82-73-74(72-81-75(78)69-66-63-60-57-54-51-48-27-24-21-18-15-12-9-6-3)83-77(80)71-68-65-62-59-56-53-50-47-44-31-29-26-23-20-17-14-11-8-5-2/h7,10,16,18-19,21,25,27-28,32-33,35-36,48,74H,4-6,8-9,11-15,17,20,22-24,26,29-31,34,37-47,49-73H2,1-3H3/b10-7-,19-16-,21-18-,28-25-,33-32-,36-35-,48-27-. The molecule has 0 heterocycles. The third-order valence-corrected chi connectivity index (χ3v) is 15.9. The van der Waals surface area contributed by atoms with E-state index in [2.05, 4.69) is 106 Å². The summed E-state index contributed by atoms with van der Waals surface area (Å²) in [6, 6.07) is 0. The van der Waals surface area contributed by atoms with Gasteiger partial charge in [-0.25, -0.2) is 0 Å². The smallest absolute Gasteiger partial charge is 0.306 e. The molecule has 6 nitrogen and oxygen atoms in total. The highest BCUT2D eigenvalue weighted by atomic mass is 16.6.